The Morgan fingerprint density at radius 1 is 1.33 bits per heavy atom. The van der Waals surface area contributed by atoms with Gasteiger partial charge in [-0.25, -0.2) is 4.98 Å². The smallest absolute Gasteiger partial charge is 0.165 e. The summed E-state index contributed by atoms with van der Waals surface area (Å²) in [6, 6.07) is 7.53. The molecule has 1 heterocycles. The Morgan fingerprint density at radius 3 is 2.47 bits per heavy atom. The summed E-state index contributed by atoms with van der Waals surface area (Å²) in [5.41, 5.74) is 4.18. The van der Waals surface area contributed by atoms with Gasteiger partial charge in [-0.05, 0) is 83.2 Å². The molecule has 0 amide bonds. The zero-order valence-corrected chi connectivity index (χ0v) is 18.7. The fourth-order valence-electron chi connectivity index (χ4n) is 2.72. The van der Waals surface area contributed by atoms with Crippen LogP contribution in [0, 0.1) is 18.3 Å². The van der Waals surface area contributed by atoms with E-state index in [4.69, 9.17) is 4.74 Å². The number of rotatable bonds is 8. The number of Topliss-reactive ketones (excluding diaryl/α,β-unsaturated/α-hetero) is 1. The number of hydrogen-bond acceptors (Lipinski definition) is 3. The molecule has 3 rings (SSSR count). The largest absolute Gasteiger partial charge is 0.494 e. The van der Waals surface area contributed by atoms with Gasteiger partial charge in [0, 0.05) is 17.2 Å². The van der Waals surface area contributed by atoms with E-state index >= 15 is 0 Å². The molecule has 0 atom stereocenters. The topological polar surface area (TPSA) is 55.0 Å². The minimum atomic E-state index is 0.265. The Labute approximate surface area is 181 Å². The molecule has 0 saturated heterocycles. The third-order valence-corrected chi connectivity index (χ3v) is 4.45. The standard InChI is InChI=1S/C20H24N2O2.C3H6.C3H4/c1-3-14(2)19-18(21-13-22-19)5-4-12-24-17-10-8-16(9-11-17)20(23)15-6-7-15;2*1-3-2/h3,8-11,13,15H,4-7,12H2,1-2H3,(H,21,22);3H,1H2,2H3;1H,2H3/b14-3+;;. The number of nitrogens with zero attached hydrogens (tertiary/aromatic N) is 1. The number of terminal acetylenes is 1. The van der Waals surface area contributed by atoms with Gasteiger partial charge >= 0.3 is 0 Å². The molecule has 1 aliphatic carbocycles. The van der Waals surface area contributed by atoms with E-state index in [1.54, 1.807) is 19.3 Å². The normalized spacial score (nSPS) is 12.4. The quantitative estimate of drug-likeness (QED) is 0.243. The average Bonchev–Trinajstić information content (AvgIpc) is 3.50. The maximum Gasteiger partial charge on any atom is 0.165 e. The lowest BCUT2D eigenvalue weighted by Gasteiger charge is -2.07. The second-order valence-electron chi connectivity index (χ2n) is 7.01. The molecule has 0 bridgehead atoms. The third kappa shape index (κ3) is 8.53. The summed E-state index contributed by atoms with van der Waals surface area (Å²) >= 11 is 0. The average molecular weight is 407 g/mol. The van der Waals surface area contributed by atoms with E-state index in [-0.39, 0.29) is 11.7 Å². The summed E-state index contributed by atoms with van der Waals surface area (Å²) in [5.74, 6) is 3.60. The van der Waals surface area contributed by atoms with Crippen molar-refractivity contribution in [1.29, 1.82) is 0 Å². The molecule has 4 heteroatoms. The summed E-state index contributed by atoms with van der Waals surface area (Å²) < 4.78 is 5.78. The van der Waals surface area contributed by atoms with Gasteiger partial charge in [-0.15, -0.1) is 18.9 Å². The van der Waals surface area contributed by atoms with E-state index < -0.39 is 0 Å². The SMILES string of the molecule is C#CC.C/C=C(\C)c1nc[nH]c1CCCOc1ccc(C(=O)C2CC2)cc1.C=CC. The Bertz CT molecular complexity index is 850. The third-order valence-electron chi connectivity index (χ3n) is 4.45. The van der Waals surface area contributed by atoms with Gasteiger partial charge in [0.25, 0.3) is 0 Å². The highest BCUT2D eigenvalue weighted by molar-refractivity contribution is 5.99. The summed E-state index contributed by atoms with van der Waals surface area (Å²) in [7, 11) is 0. The summed E-state index contributed by atoms with van der Waals surface area (Å²) in [5, 5.41) is 0. The van der Waals surface area contributed by atoms with E-state index in [0.717, 1.165) is 48.4 Å². The summed E-state index contributed by atoms with van der Waals surface area (Å²) in [6.07, 6.45) is 14.1. The first kappa shape index (κ1) is 25.0. The van der Waals surface area contributed by atoms with Crippen LogP contribution in [0.25, 0.3) is 5.57 Å². The fourth-order valence-corrected chi connectivity index (χ4v) is 2.72. The molecule has 1 saturated carbocycles. The number of allylic oxidation sites excluding steroid dienone is 3. The molecule has 1 fully saturated rings. The molecule has 160 valence electrons. The van der Waals surface area contributed by atoms with Gasteiger partial charge in [0.1, 0.15) is 5.75 Å². The lowest BCUT2D eigenvalue weighted by molar-refractivity contribution is 0.0967. The van der Waals surface area contributed by atoms with Gasteiger partial charge in [-0.3, -0.25) is 4.79 Å². The molecule has 0 unspecified atom stereocenters. The number of hydrogen-bond donors (Lipinski definition) is 1. The van der Waals surface area contributed by atoms with E-state index in [9.17, 15) is 4.79 Å². The highest BCUT2D eigenvalue weighted by atomic mass is 16.5. The van der Waals surface area contributed by atoms with Crippen molar-refractivity contribution < 1.29 is 9.53 Å². The zero-order chi connectivity index (χ0) is 22.4. The van der Waals surface area contributed by atoms with Crippen LogP contribution in [0.4, 0.5) is 0 Å². The number of ether oxygens (including phenoxy) is 1. The predicted molar refractivity (Wildman–Crippen MR) is 126 cm³/mol. The summed E-state index contributed by atoms with van der Waals surface area (Å²) in [6.45, 7) is 11.6. The number of aryl methyl sites for hydroxylation is 1. The number of imidazole rings is 1. The van der Waals surface area contributed by atoms with Crippen LogP contribution in [0.3, 0.4) is 0 Å². The fraction of sp³-hybridized carbons (Fsp3) is 0.385. The monoisotopic (exact) mass is 406 g/mol. The Kier molecular flexibility index (Phi) is 11.7. The number of carbonyl (C=O) groups excluding carboxylic acids is 1. The van der Waals surface area contributed by atoms with Crippen molar-refractivity contribution in [2.45, 2.75) is 53.4 Å². The van der Waals surface area contributed by atoms with E-state index in [2.05, 4.69) is 41.9 Å². The Morgan fingerprint density at radius 2 is 1.93 bits per heavy atom. The van der Waals surface area contributed by atoms with Crippen molar-refractivity contribution in [2.75, 3.05) is 6.61 Å². The molecule has 1 aromatic heterocycles. The molecule has 1 aromatic carbocycles. The van der Waals surface area contributed by atoms with Gasteiger partial charge in [-0.2, -0.15) is 0 Å². The second-order valence-corrected chi connectivity index (χ2v) is 7.01. The minimum Gasteiger partial charge on any atom is -0.494 e. The van der Waals surface area contributed by atoms with Crippen LogP contribution in [0.15, 0.2) is 49.3 Å². The van der Waals surface area contributed by atoms with Gasteiger partial charge in [-0.1, -0.05) is 12.2 Å². The van der Waals surface area contributed by atoms with E-state index in [0.29, 0.717) is 6.61 Å². The highest BCUT2D eigenvalue weighted by Crippen LogP contribution is 2.32. The number of carbonyl (C=O) groups is 1. The van der Waals surface area contributed by atoms with Crippen LogP contribution < -0.4 is 4.74 Å². The van der Waals surface area contributed by atoms with E-state index in [1.807, 2.05) is 38.1 Å². The number of aromatic amines is 1. The molecule has 0 spiro atoms. The van der Waals surface area contributed by atoms with Crippen LogP contribution in [0.2, 0.25) is 0 Å². The first-order chi connectivity index (χ1) is 14.5. The first-order valence-corrected chi connectivity index (χ1v) is 10.4. The maximum absolute atomic E-state index is 12.0. The molecular weight excluding hydrogens is 372 g/mol. The molecule has 0 aliphatic heterocycles. The van der Waals surface area contributed by atoms with E-state index in [1.165, 1.54) is 5.57 Å². The minimum absolute atomic E-state index is 0.265. The highest BCUT2D eigenvalue weighted by Gasteiger charge is 2.30. The lowest BCUT2D eigenvalue weighted by atomic mass is 10.1. The first-order valence-electron chi connectivity index (χ1n) is 10.4. The Balaban J connectivity index is 0.000000672. The van der Waals surface area contributed by atoms with Crippen molar-refractivity contribution in [2.24, 2.45) is 5.92 Å². The van der Waals surface area contributed by atoms with Crippen molar-refractivity contribution in [1.82, 2.24) is 9.97 Å². The summed E-state index contributed by atoms with van der Waals surface area (Å²) in [4.78, 5) is 19.6. The number of H-pyrrole nitrogens is 1. The van der Waals surface area contributed by atoms with Gasteiger partial charge in [0.05, 0.1) is 18.6 Å². The van der Waals surface area contributed by atoms with Crippen LogP contribution >= 0.6 is 0 Å². The van der Waals surface area contributed by atoms with Crippen LogP contribution in [0.5, 0.6) is 5.75 Å². The number of aromatic nitrogens is 2. The van der Waals surface area contributed by atoms with Crippen molar-refractivity contribution in [3.63, 3.8) is 0 Å². The maximum atomic E-state index is 12.0. The molecule has 4 nitrogen and oxygen atoms in total. The predicted octanol–water partition coefficient (Wildman–Crippen LogP) is 6.27. The molecular formula is C26H34N2O2. The molecule has 0 radical (unpaired) electrons. The van der Waals surface area contributed by atoms with Crippen LogP contribution in [-0.4, -0.2) is 22.4 Å². The van der Waals surface area contributed by atoms with Crippen molar-refractivity contribution >= 4 is 11.4 Å². The number of ketones is 1. The van der Waals surface area contributed by atoms with Gasteiger partial charge in [0.15, 0.2) is 5.78 Å². The molecule has 2 aromatic rings. The molecule has 1 aliphatic rings. The molecule has 1 N–H and O–H groups in total. The van der Waals surface area contributed by atoms with Gasteiger partial charge in [0.2, 0.25) is 0 Å². The second kappa shape index (κ2) is 14.0. The zero-order valence-electron chi connectivity index (χ0n) is 18.7. The van der Waals surface area contributed by atoms with Gasteiger partial charge < -0.3 is 9.72 Å². The van der Waals surface area contributed by atoms with Crippen LogP contribution in [0.1, 0.15) is 68.7 Å². The number of nitrogens with one attached hydrogen (secondary N) is 1. The van der Waals surface area contributed by atoms with Crippen molar-refractivity contribution in [3.8, 4) is 18.1 Å². The van der Waals surface area contributed by atoms with Crippen LogP contribution in [-0.2, 0) is 6.42 Å². The molecule has 30 heavy (non-hydrogen) atoms. The number of benzene rings is 1. The Hall–Kier alpha value is -3.06. The van der Waals surface area contributed by atoms with Crippen molar-refractivity contribution in [3.05, 3.63) is 66.3 Å². The lowest BCUT2D eigenvalue weighted by Crippen LogP contribution is -2.03.